The van der Waals surface area contributed by atoms with Crippen molar-refractivity contribution in [1.29, 1.82) is 0 Å². The summed E-state index contributed by atoms with van der Waals surface area (Å²) in [6.07, 6.45) is 3.09. The van der Waals surface area contributed by atoms with Gasteiger partial charge >= 0.3 is 12.2 Å². The predicted molar refractivity (Wildman–Crippen MR) is 79.7 cm³/mol. The molecule has 0 bridgehead atoms. The van der Waals surface area contributed by atoms with Crippen molar-refractivity contribution in [2.75, 3.05) is 14.2 Å². The smallest absolute Gasteiger partial charge is 0.425 e. The maximum atomic E-state index is 11.3. The number of nitrogens with one attached hydrogen (secondary N) is 4. The molecular formula is C13H24N4O6. The molecule has 0 aliphatic rings. The largest absolute Gasteiger partial charge is 0.452 e. The summed E-state index contributed by atoms with van der Waals surface area (Å²) >= 11 is 0. The lowest BCUT2D eigenvalue weighted by molar-refractivity contribution is -0.122. The molecular weight excluding hydrogens is 308 g/mol. The molecule has 0 aromatic carbocycles. The van der Waals surface area contributed by atoms with Crippen LogP contribution in [0.4, 0.5) is 9.59 Å². The van der Waals surface area contributed by atoms with Crippen molar-refractivity contribution in [3.63, 3.8) is 0 Å². The molecule has 0 unspecified atom stereocenters. The van der Waals surface area contributed by atoms with E-state index in [2.05, 4.69) is 31.2 Å². The van der Waals surface area contributed by atoms with E-state index in [1.807, 2.05) is 0 Å². The Morgan fingerprint density at radius 3 is 1.30 bits per heavy atom. The zero-order valence-electron chi connectivity index (χ0n) is 13.4. The van der Waals surface area contributed by atoms with Crippen LogP contribution in [0.15, 0.2) is 0 Å². The molecule has 0 spiro atoms. The third-order valence-corrected chi connectivity index (χ3v) is 2.79. The molecule has 0 atom stereocenters. The Morgan fingerprint density at radius 2 is 0.957 bits per heavy atom. The number of hydrogen-bond acceptors (Lipinski definition) is 6. The van der Waals surface area contributed by atoms with Gasteiger partial charge in [0.1, 0.15) is 0 Å². The molecule has 10 nitrogen and oxygen atoms in total. The van der Waals surface area contributed by atoms with E-state index in [0.717, 1.165) is 19.3 Å². The molecule has 0 radical (unpaired) electrons. The van der Waals surface area contributed by atoms with E-state index >= 15 is 0 Å². The summed E-state index contributed by atoms with van der Waals surface area (Å²) in [6.45, 7) is 0. The van der Waals surface area contributed by atoms with Crippen molar-refractivity contribution >= 4 is 24.0 Å². The number of amides is 4. The van der Waals surface area contributed by atoms with E-state index in [1.165, 1.54) is 14.2 Å². The summed E-state index contributed by atoms with van der Waals surface area (Å²) < 4.78 is 8.60. The fourth-order valence-corrected chi connectivity index (χ4v) is 1.57. The Labute approximate surface area is 134 Å². The summed E-state index contributed by atoms with van der Waals surface area (Å²) in [5, 5.41) is 0. The number of rotatable bonds is 8. The Morgan fingerprint density at radius 1 is 0.609 bits per heavy atom. The average molecular weight is 332 g/mol. The lowest BCUT2D eigenvalue weighted by Crippen LogP contribution is -2.41. The number of carbonyl (C=O) groups excluding carboxylic acids is 4. The van der Waals surface area contributed by atoms with Crippen LogP contribution in [-0.2, 0) is 19.1 Å². The molecule has 23 heavy (non-hydrogen) atoms. The second kappa shape index (κ2) is 13.2. The van der Waals surface area contributed by atoms with Gasteiger partial charge < -0.3 is 9.47 Å². The molecule has 0 fully saturated rings. The average Bonchev–Trinajstić information content (AvgIpc) is 2.56. The third-order valence-electron chi connectivity index (χ3n) is 2.79. The van der Waals surface area contributed by atoms with E-state index in [4.69, 9.17) is 0 Å². The van der Waals surface area contributed by atoms with E-state index in [9.17, 15) is 19.2 Å². The van der Waals surface area contributed by atoms with Crippen molar-refractivity contribution in [1.82, 2.24) is 21.7 Å². The summed E-state index contributed by atoms with van der Waals surface area (Å²) in [5.41, 5.74) is 8.61. The van der Waals surface area contributed by atoms with Crippen molar-refractivity contribution in [3.05, 3.63) is 0 Å². The highest BCUT2D eigenvalue weighted by Gasteiger charge is 2.05. The first-order valence-electron chi connectivity index (χ1n) is 7.25. The Balaban J connectivity index is 3.42. The van der Waals surface area contributed by atoms with Gasteiger partial charge in [0.2, 0.25) is 11.8 Å². The van der Waals surface area contributed by atoms with Gasteiger partial charge in [-0.15, -0.1) is 0 Å². The first kappa shape index (κ1) is 20.5. The van der Waals surface area contributed by atoms with E-state index < -0.39 is 12.2 Å². The molecule has 0 saturated carbocycles. The number of hydrazine groups is 2. The molecule has 4 N–H and O–H groups in total. The zero-order chi connectivity index (χ0) is 17.5. The van der Waals surface area contributed by atoms with Gasteiger partial charge in [0, 0.05) is 12.8 Å². The summed E-state index contributed by atoms with van der Waals surface area (Å²) in [6, 6.07) is 0. The molecule has 0 heterocycles. The monoisotopic (exact) mass is 332 g/mol. The standard InChI is InChI=1S/C13H24N4O6/c1-22-12(20)16-14-10(18)8-6-4-3-5-7-9-11(19)15-17-13(21)23-2/h3-9H2,1-2H3,(H,14,18)(H,15,19)(H,16,20)(H,17,21). The van der Waals surface area contributed by atoms with Crippen LogP contribution in [0.1, 0.15) is 44.9 Å². The van der Waals surface area contributed by atoms with Gasteiger partial charge in [-0.25, -0.2) is 20.4 Å². The summed E-state index contributed by atoms with van der Waals surface area (Å²) in [4.78, 5) is 44.0. The zero-order valence-corrected chi connectivity index (χ0v) is 13.4. The topological polar surface area (TPSA) is 135 Å². The molecule has 132 valence electrons. The first-order chi connectivity index (χ1) is 11.0. The van der Waals surface area contributed by atoms with Crippen LogP contribution in [0.25, 0.3) is 0 Å². The van der Waals surface area contributed by atoms with Crippen LogP contribution in [0.5, 0.6) is 0 Å². The van der Waals surface area contributed by atoms with Crippen molar-refractivity contribution in [2.45, 2.75) is 44.9 Å². The number of methoxy groups -OCH3 is 2. The molecule has 0 aromatic rings. The second-order valence-electron chi connectivity index (χ2n) is 4.60. The lowest BCUT2D eigenvalue weighted by Gasteiger charge is -2.06. The normalized spacial score (nSPS) is 9.48. The molecule has 4 amide bonds. The van der Waals surface area contributed by atoms with Crippen LogP contribution >= 0.6 is 0 Å². The highest BCUT2D eigenvalue weighted by atomic mass is 16.5. The fourth-order valence-electron chi connectivity index (χ4n) is 1.57. The minimum atomic E-state index is -0.724. The van der Waals surface area contributed by atoms with Crippen molar-refractivity contribution in [2.24, 2.45) is 0 Å². The Kier molecular flexibility index (Phi) is 11.7. The lowest BCUT2D eigenvalue weighted by atomic mass is 10.1. The quantitative estimate of drug-likeness (QED) is 0.377. The number of hydrogen-bond donors (Lipinski definition) is 4. The van der Waals surface area contributed by atoms with E-state index in [1.54, 1.807) is 0 Å². The molecule has 0 aliphatic carbocycles. The van der Waals surface area contributed by atoms with Crippen LogP contribution in [-0.4, -0.2) is 38.2 Å². The maximum Gasteiger partial charge on any atom is 0.425 e. The van der Waals surface area contributed by atoms with Gasteiger partial charge in [-0.3, -0.25) is 20.4 Å². The van der Waals surface area contributed by atoms with Gasteiger partial charge in [-0.05, 0) is 12.8 Å². The predicted octanol–water partition coefficient (Wildman–Crippen LogP) is 0.491. The van der Waals surface area contributed by atoms with Gasteiger partial charge in [-0.2, -0.15) is 0 Å². The van der Waals surface area contributed by atoms with Crippen molar-refractivity contribution in [3.8, 4) is 0 Å². The van der Waals surface area contributed by atoms with E-state index in [-0.39, 0.29) is 11.8 Å². The highest BCUT2D eigenvalue weighted by Crippen LogP contribution is 2.07. The fraction of sp³-hybridized carbons (Fsp3) is 0.692. The van der Waals surface area contributed by atoms with Crippen LogP contribution in [0, 0.1) is 0 Å². The van der Waals surface area contributed by atoms with E-state index in [0.29, 0.717) is 25.7 Å². The summed E-state index contributed by atoms with van der Waals surface area (Å²) in [7, 11) is 2.40. The minimum Gasteiger partial charge on any atom is -0.452 e. The Bertz CT molecular complexity index is 366. The van der Waals surface area contributed by atoms with Gasteiger partial charge in [0.15, 0.2) is 0 Å². The van der Waals surface area contributed by atoms with Gasteiger partial charge in [-0.1, -0.05) is 19.3 Å². The number of ether oxygens (including phenoxy) is 2. The number of carbonyl (C=O) groups is 4. The third kappa shape index (κ3) is 12.9. The molecule has 0 saturated heterocycles. The second-order valence-corrected chi connectivity index (χ2v) is 4.60. The van der Waals surface area contributed by atoms with Crippen LogP contribution in [0.2, 0.25) is 0 Å². The first-order valence-corrected chi connectivity index (χ1v) is 7.25. The highest BCUT2D eigenvalue weighted by molar-refractivity contribution is 5.79. The Hall–Kier alpha value is -2.52. The number of unbranched alkanes of at least 4 members (excludes halogenated alkanes) is 4. The minimum absolute atomic E-state index is 0.288. The van der Waals surface area contributed by atoms with Crippen LogP contribution in [0.3, 0.4) is 0 Å². The summed E-state index contributed by atoms with van der Waals surface area (Å²) in [5.74, 6) is -0.577. The van der Waals surface area contributed by atoms with Gasteiger partial charge in [0.25, 0.3) is 0 Å². The van der Waals surface area contributed by atoms with Crippen LogP contribution < -0.4 is 21.7 Å². The van der Waals surface area contributed by atoms with Gasteiger partial charge in [0.05, 0.1) is 14.2 Å². The molecule has 10 heteroatoms. The van der Waals surface area contributed by atoms with Crippen molar-refractivity contribution < 1.29 is 28.7 Å². The molecule has 0 aliphatic heterocycles. The molecule has 0 aromatic heterocycles. The SMILES string of the molecule is COC(=O)NNC(=O)CCCCCCCC(=O)NNC(=O)OC. The molecule has 0 rings (SSSR count). The maximum absolute atomic E-state index is 11.3.